The summed E-state index contributed by atoms with van der Waals surface area (Å²) < 4.78 is 1.27. The molecule has 0 amide bonds. The third-order valence-electron chi connectivity index (χ3n) is 2.69. The van der Waals surface area contributed by atoms with Gasteiger partial charge in [0.15, 0.2) is 0 Å². The Labute approximate surface area is 109 Å². The quantitative estimate of drug-likeness (QED) is 0.488. The Bertz CT molecular complexity index is 606. The molecule has 0 saturated carbocycles. The molecule has 0 saturated heterocycles. The Balaban J connectivity index is 2.36. The molecule has 2 aliphatic carbocycles. The highest BCUT2D eigenvalue weighted by Crippen LogP contribution is 2.34. The topological polar surface area (TPSA) is 0 Å². The first-order valence-corrected chi connectivity index (χ1v) is 6.25. The smallest absolute Gasteiger partial charge is 0.0249 e. The van der Waals surface area contributed by atoms with Crippen LogP contribution in [0.3, 0.4) is 0 Å². The van der Waals surface area contributed by atoms with Gasteiger partial charge in [0.25, 0.3) is 0 Å². The first-order chi connectivity index (χ1) is 7.84. The molecule has 0 fully saturated rings. The van der Waals surface area contributed by atoms with E-state index in [4.69, 9.17) is 0 Å². The number of hydrogen-bond donors (Lipinski definition) is 0. The molecule has 0 aromatic heterocycles. The molecule has 2 aliphatic rings. The Morgan fingerprint density at radius 1 is 0.938 bits per heavy atom. The Kier molecular flexibility index (Phi) is 2.43. The van der Waals surface area contributed by atoms with E-state index in [0.717, 1.165) is 5.57 Å². The van der Waals surface area contributed by atoms with Crippen LogP contribution in [0, 0.1) is 0 Å². The van der Waals surface area contributed by atoms with Gasteiger partial charge in [-0.05, 0) is 51.9 Å². The molecular formula is C15H9I. The second-order valence-corrected chi connectivity index (χ2v) is 4.91. The summed E-state index contributed by atoms with van der Waals surface area (Å²) in [6, 6.07) is 8.48. The maximum Gasteiger partial charge on any atom is 0.0249 e. The zero-order chi connectivity index (χ0) is 11.0. The molecule has 0 N–H and O–H groups in total. The van der Waals surface area contributed by atoms with Crippen molar-refractivity contribution in [3.63, 3.8) is 0 Å². The molecule has 0 atom stereocenters. The molecule has 0 radical (unpaired) electrons. The molecule has 76 valence electrons. The number of benzene rings is 1. The van der Waals surface area contributed by atoms with Crippen LogP contribution in [0.4, 0.5) is 0 Å². The molecule has 1 aromatic carbocycles. The van der Waals surface area contributed by atoms with Crippen LogP contribution in [0.1, 0.15) is 11.1 Å². The van der Waals surface area contributed by atoms with Crippen LogP contribution >= 0.6 is 22.6 Å². The highest BCUT2D eigenvalue weighted by Gasteiger charge is 2.11. The highest BCUT2D eigenvalue weighted by atomic mass is 127. The van der Waals surface area contributed by atoms with Crippen molar-refractivity contribution < 1.29 is 0 Å². The van der Waals surface area contributed by atoms with E-state index in [2.05, 4.69) is 83.0 Å². The lowest BCUT2D eigenvalue weighted by Crippen LogP contribution is -1.86. The van der Waals surface area contributed by atoms with Crippen molar-refractivity contribution in [2.75, 3.05) is 0 Å². The van der Waals surface area contributed by atoms with Crippen molar-refractivity contribution in [1.29, 1.82) is 0 Å². The van der Waals surface area contributed by atoms with Crippen molar-refractivity contribution in [2.24, 2.45) is 0 Å². The minimum atomic E-state index is 1.14. The Hall–Kier alpha value is -1.31. The molecule has 0 aliphatic heterocycles. The predicted molar refractivity (Wildman–Crippen MR) is 77.2 cm³/mol. The Morgan fingerprint density at radius 3 is 2.56 bits per heavy atom. The lowest BCUT2D eigenvalue weighted by Gasteiger charge is -2.06. The number of hydrogen-bond acceptors (Lipinski definition) is 0. The molecule has 3 rings (SSSR count). The maximum absolute atomic E-state index is 3.44. The van der Waals surface area contributed by atoms with E-state index in [-0.39, 0.29) is 0 Å². The molecule has 1 heteroatoms. The molecular weight excluding hydrogens is 307 g/mol. The van der Waals surface area contributed by atoms with E-state index in [1.807, 2.05) is 0 Å². The second-order valence-electron chi connectivity index (χ2n) is 3.75. The monoisotopic (exact) mass is 316 g/mol. The molecule has 2 bridgehead atoms. The highest BCUT2D eigenvalue weighted by molar-refractivity contribution is 14.1. The fourth-order valence-corrected chi connectivity index (χ4v) is 2.74. The fourth-order valence-electron chi connectivity index (χ4n) is 1.93. The summed E-state index contributed by atoms with van der Waals surface area (Å²) in [5.74, 6) is 0. The van der Waals surface area contributed by atoms with Gasteiger partial charge < -0.3 is 0 Å². The number of allylic oxidation sites excluding steroid dienone is 6. The van der Waals surface area contributed by atoms with Gasteiger partial charge in [0.1, 0.15) is 0 Å². The lowest BCUT2D eigenvalue weighted by molar-refractivity contribution is 1.58. The van der Waals surface area contributed by atoms with Crippen molar-refractivity contribution >= 4 is 31.7 Å². The average molecular weight is 316 g/mol. The van der Waals surface area contributed by atoms with Gasteiger partial charge >= 0.3 is 0 Å². The van der Waals surface area contributed by atoms with Gasteiger partial charge in [0, 0.05) is 14.7 Å². The first kappa shape index (κ1) is 9.88. The van der Waals surface area contributed by atoms with Gasteiger partial charge in [0.2, 0.25) is 0 Å². The maximum atomic E-state index is 3.44. The third kappa shape index (κ3) is 1.62. The molecule has 0 nitrogen and oxygen atoms in total. The summed E-state index contributed by atoms with van der Waals surface area (Å²) in [7, 11) is 0. The van der Waals surface area contributed by atoms with Gasteiger partial charge in [-0.2, -0.15) is 0 Å². The summed E-state index contributed by atoms with van der Waals surface area (Å²) >= 11 is 2.39. The SMILES string of the molecule is IC1=CC2=C=C(C=CC=C2)c2ccccc21. The summed E-state index contributed by atoms with van der Waals surface area (Å²) in [4.78, 5) is 0. The van der Waals surface area contributed by atoms with E-state index in [1.165, 1.54) is 20.3 Å². The minimum absolute atomic E-state index is 1.14. The van der Waals surface area contributed by atoms with Crippen LogP contribution in [-0.4, -0.2) is 0 Å². The zero-order valence-electron chi connectivity index (χ0n) is 8.57. The van der Waals surface area contributed by atoms with Crippen LogP contribution in [0.5, 0.6) is 0 Å². The van der Waals surface area contributed by atoms with Crippen molar-refractivity contribution in [3.8, 4) is 0 Å². The van der Waals surface area contributed by atoms with Gasteiger partial charge in [-0.1, -0.05) is 36.4 Å². The second kappa shape index (κ2) is 3.93. The van der Waals surface area contributed by atoms with Crippen LogP contribution in [-0.2, 0) is 0 Å². The summed E-state index contributed by atoms with van der Waals surface area (Å²) in [6.45, 7) is 0. The predicted octanol–water partition coefficient (Wildman–Crippen LogP) is 4.51. The average Bonchev–Trinajstić information content (AvgIpc) is 2.61. The third-order valence-corrected chi connectivity index (χ3v) is 3.58. The lowest BCUT2D eigenvalue weighted by atomic mass is 10.0. The number of halogens is 1. The first-order valence-electron chi connectivity index (χ1n) is 5.17. The van der Waals surface area contributed by atoms with Crippen LogP contribution in [0.2, 0.25) is 0 Å². The van der Waals surface area contributed by atoms with Gasteiger partial charge in [-0.3, -0.25) is 0 Å². The summed E-state index contributed by atoms with van der Waals surface area (Å²) in [6.07, 6.45) is 10.5. The van der Waals surface area contributed by atoms with Crippen molar-refractivity contribution in [2.45, 2.75) is 0 Å². The van der Waals surface area contributed by atoms with Gasteiger partial charge in [-0.15, -0.1) is 5.73 Å². The minimum Gasteiger partial charge on any atom is -0.104 e. The Morgan fingerprint density at radius 2 is 1.69 bits per heavy atom. The number of rotatable bonds is 0. The van der Waals surface area contributed by atoms with Crippen LogP contribution in [0.15, 0.2) is 65.9 Å². The van der Waals surface area contributed by atoms with Crippen LogP contribution in [0.25, 0.3) is 9.15 Å². The largest absolute Gasteiger partial charge is 0.104 e. The van der Waals surface area contributed by atoms with E-state index >= 15 is 0 Å². The molecule has 0 spiro atoms. The van der Waals surface area contributed by atoms with Gasteiger partial charge in [-0.25, -0.2) is 0 Å². The van der Waals surface area contributed by atoms with E-state index < -0.39 is 0 Å². The standard InChI is InChI=1S/C15H9I/c16-15-10-11-5-1-2-6-12(9-11)13-7-3-4-8-14(13)15/h1-8,10H. The van der Waals surface area contributed by atoms with Gasteiger partial charge in [0.05, 0.1) is 0 Å². The van der Waals surface area contributed by atoms with Crippen LogP contribution < -0.4 is 0 Å². The number of fused-ring (bicyclic) bond motifs is 2. The molecule has 16 heavy (non-hydrogen) atoms. The van der Waals surface area contributed by atoms with E-state index in [1.54, 1.807) is 0 Å². The molecule has 0 unspecified atom stereocenters. The van der Waals surface area contributed by atoms with E-state index in [0.29, 0.717) is 0 Å². The fraction of sp³-hybridized carbons (Fsp3) is 0. The zero-order valence-corrected chi connectivity index (χ0v) is 10.7. The normalized spacial score (nSPS) is 16.7. The summed E-state index contributed by atoms with van der Waals surface area (Å²) in [5, 5.41) is 0. The summed E-state index contributed by atoms with van der Waals surface area (Å²) in [5.41, 5.74) is 8.30. The van der Waals surface area contributed by atoms with Crippen molar-refractivity contribution in [1.82, 2.24) is 0 Å². The van der Waals surface area contributed by atoms with E-state index in [9.17, 15) is 0 Å². The van der Waals surface area contributed by atoms with Crippen molar-refractivity contribution in [3.05, 3.63) is 77.1 Å². The molecule has 0 heterocycles. The molecule has 1 aromatic rings.